The zero-order valence-corrected chi connectivity index (χ0v) is 7.81. The van der Waals surface area contributed by atoms with Crippen LogP contribution in [0.4, 0.5) is 8.78 Å². The van der Waals surface area contributed by atoms with E-state index in [1.54, 1.807) is 0 Å². The van der Waals surface area contributed by atoms with E-state index in [0.717, 1.165) is 6.07 Å². The topological polar surface area (TPSA) is 26.0 Å². The fourth-order valence-electron chi connectivity index (χ4n) is 0.843. The van der Waals surface area contributed by atoms with E-state index in [9.17, 15) is 8.78 Å². The predicted molar refractivity (Wildman–Crippen MR) is 47.0 cm³/mol. The van der Waals surface area contributed by atoms with Crippen LogP contribution < -0.4 is 5.73 Å². The Morgan fingerprint density at radius 2 is 2.17 bits per heavy atom. The smallest absolute Gasteiger partial charge is 0.137 e. The van der Waals surface area contributed by atoms with E-state index < -0.39 is 12.0 Å². The SMILES string of the molecule is NCC(F)c1ccc(Br)c(F)c1. The van der Waals surface area contributed by atoms with Crippen LogP contribution in [0.5, 0.6) is 0 Å². The molecule has 0 amide bonds. The summed E-state index contributed by atoms with van der Waals surface area (Å²) in [5.41, 5.74) is 5.36. The van der Waals surface area contributed by atoms with Crippen LogP contribution in [0.25, 0.3) is 0 Å². The van der Waals surface area contributed by atoms with Crippen molar-refractivity contribution in [2.75, 3.05) is 6.54 Å². The lowest BCUT2D eigenvalue weighted by Crippen LogP contribution is -2.07. The molecule has 0 saturated carbocycles. The molecule has 0 fully saturated rings. The van der Waals surface area contributed by atoms with Gasteiger partial charge in [-0.3, -0.25) is 0 Å². The maximum atomic E-state index is 12.9. The average Bonchev–Trinajstić information content (AvgIpc) is 2.08. The van der Waals surface area contributed by atoms with Crippen LogP contribution >= 0.6 is 15.9 Å². The second-order valence-corrected chi connectivity index (χ2v) is 3.23. The van der Waals surface area contributed by atoms with Crippen LogP contribution in [-0.4, -0.2) is 6.54 Å². The largest absolute Gasteiger partial charge is 0.327 e. The minimum absolute atomic E-state index is 0.124. The number of benzene rings is 1. The Morgan fingerprint density at radius 3 is 2.67 bits per heavy atom. The van der Waals surface area contributed by atoms with Crippen LogP contribution in [0.2, 0.25) is 0 Å². The molecule has 0 aromatic heterocycles. The van der Waals surface area contributed by atoms with Crippen molar-refractivity contribution in [1.82, 2.24) is 0 Å². The molecule has 66 valence electrons. The van der Waals surface area contributed by atoms with E-state index in [2.05, 4.69) is 15.9 Å². The van der Waals surface area contributed by atoms with Crippen LogP contribution in [0, 0.1) is 5.82 Å². The summed E-state index contributed by atoms with van der Waals surface area (Å²) in [6, 6.07) is 4.11. The summed E-state index contributed by atoms with van der Waals surface area (Å²) in [6.45, 7) is -0.124. The maximum Gasteiger partial charge on any atom is 0.137 e. The molecule has 0 bridgehead atoms. The first-order valence-electron chi connectivity index (χ1n) is 3.44. The molecule has 2 N–H and O–H groups in total. The van der Waals surface area contributed by atoms with E-state index in [1.165, 1.54) is 12.1 Å². The minimum Gasteiger partial charge on any atom is -0.327 e. The third kappa shape index (κ3) is 2.01. The Labute approximate surface area is 77.7 Å². The van der Waals surface area contributed by atoms with Gasteiger partial charge in [-0.15, -0.1) is 0 Å². The van der Waals surface area contributed by atoms with E-state index in [4.69, 9.17) is 5.73 Å². The van der Waals surface area contributed by atoms with Crippen LogP contribution in [0.3, 0.4) is 0 Å². The summed E-state index contributed by atoms with van der Waals surface area (Å²) in [5.74, 6) is -0.469. The molecule has 1 atom stereocenters. The van der Waals surface area contributed by atoms with Crippen molar-refractivity contribution in [2.24, 2.45) is 5.73 Å². The summed E-state index contributed by atoms with van der Waals surface area (Å²) < 4.78 is 26.0. The fraction of sp³-hybridized carbons (Fsp3) is 0.250. The quantitative estimate of drug-likeness (QED) is 0.838. The van der Waals surface area contributed by atoms with Gasteiger partial charge in [0.25, 0.3) is 0 Å². The molecule has 0 aliphatic rings. The van der Waals surface area contributed by atoms with Gasteiger partial charge in [-0.1, -0.05) is 6.07 Å². The Bertz CT molecular complexity index is 278. The number of hydrogen-bond acceptors (Lipinski definition) is 1. The lowest BCUT2D eigenvalue weighted by Gasteiger charge is -2.05. The molecule has 0 aliphatic heterocycles. The summed E-state index contributed by atoms with van der Waals surface area (Å²) in [7, 11) is 0. The van der Waals surface area contributed by atoms with Crippen LogP contribution in [0.1, 0.15) is 11.7 Å². The molecule has 1 rings (SSSR count). The van der Waals surface area contributed by atoms with Gasteiger partial charge in [0.05, 0.1) is 4.47 Å². The van der Waals surface area contributed by atoms with E-state index in [-0.39, 0.29) is 12.1 Å². The van der Waals surface area contributed by atoms with Crippen LogP contribution in [0.15, 0.2) is 22.7 Å². The number of rotatable bonds is 2. The van der Waals surface area contributed by atoms with Gasteiger partial charge in [-0.05, 0) is 33.6 Å². The minimum atomic E-state index is -1.28. The average molecular weight is 236 g/mol. The van der Waals surface area contributed by atoms with Gasteiger partial charge >= 0.3 is 0 Å². The van der Waals surface area contributed by atoms with Crippen molar-refractivity contribution in [3.63, 3.8) is 0 Å². The molecule has 0 radical (unpaired) electrons. The molecule has 4 heteroatoms. The third-order valence-electron chi connectivity index (χ3n) is 1.51. The van der Waals surface area contributed by atoms with Gasteiger partial charge < -0.3 is 5.73 Å². The molecule has 12 heavy (non-hydrogen) atoms. The van der Waals surface area contributed by atoms with E-state index >= 15 is 0 Å². The Hall–Kier alpha value is -0.480. The summed E-state index contributed by atoms with van der Waals surface area (Å²) in [5, 5.41) is 0. The van der Waals surface area contributed by atoms with Gasteiger partial charge in [0.2, 0.25) is 0 Å². The Balaban J connectivity index is 2.96. The van der Waals surface area contributed by atoms with Crippen molar-refractivity contribution in [2.45, 2.75) is 6.17 Å². The van der Waals surface area contributed by atoms with Crippen molar-refractivity contribution < 1.29 is 8.78 Å². The predicted octanol–water partition coefficient (Wildman–Crippen LogP) is 2.56. The zero-order chi connectivity index (χ0) is 9.14. The molecule has 0 saturated heterocycles. The fourth-order valence-corrected chi connectivity index (χ4v) is 1.09. The second-order valence-electron chi connectivity index (χ2n) is 2.38. The standard InChI is InChI=1S/C8H8BrF2N/c9-6-2-1-5(3-7(6)10)8(11)4-12/h1-3,8H,4,12H2. The Morgan fingerprint density at radius 1 is 1.50 bits per heavy atom. The van der Waals surface area contributed by atoms with Crippen molar-refractivity contribution in [3.05, 3.63) is 34.1 Å². The molecule has 1 aromatic carbocycles. The van der Waals surface area contributed by atoms with Crippen molar-refractivity contribution >= 4 is 15.9 Å². The van der Waals surface area contributed by atoms with Gasteiger partial charge in [-0.25, -0.2) is 8.78 Å². The first-order valence-corrected chi connectivity index (χ1v) is 4.23. The zero-order valence-electron chi connectivity index (χ0n) is 6.23. The second kappa shape index (κ2) is 3.96. The van der Waals surface area contributed by atoms with Gasteiger partial charge in [0, 0.05) is 6.54 Å². The summed E-state index contributed by atoms with van der Waals surface area (Å²) in [4.78, 5) is 0. The van der Waals surface area contributed by atoms with E-state index in [1.807, 2.05) is 0 Å². The molecule has 1 nitrogen and oxygen atoms in total. The molecule has 0 aliphatic carbocycles. The highest BCUT2D eigenvalue weighted by atomic mass is 79.9. The lowest BCUT2D eigenvalue weighted by molar-refractivity contribution is 0.351. The molecular formula is C8H8BrF2N. The van der Waals surface area contributed by atoms with Gasteiger partial charge in [0.15, 0.2) is 0 Å². The van der Waals surface area contributed by atoms with Gasteiger partial charge in [0.1, 0.15) is 12.0 Å². The monoisotopic (exact) mass is 235 g/mol. The highest BCUT2D eigenvalue weighted by Gasteiger charge is 2.09. The number of alkyl halides is 1. The first-order chi connectivity index (χ1) is 5.65. The summed E-state index contributed by atoms with van der Waals surface area (Å²) >= 11 is 2.97. The lowest BCUT2D eigenvalue weighted by atomic mass is 10.1. The normalized spacial score (nSPS) is 13.0. The first kappa shape index (κ1) is 9.61. The highest BCUT2D eigenvalue weighted by molar-refractivity contribution is 9.10. The molecule has 0 spiro atoms. The van der Waals surface area contributed by atoms with Crippen molar-refractivity contribution in [1.29, 1.82) is 0 Å². The molecule has 1 unspecified atom stereocenters. The maximum absolute atomic E-state index is 12.9. The van der Waals surface area contributed by atoms with Gasteiger partial charge in [-0.2, -0.15) is 0 Å². The molecular weight excluding hydrogens is 228 g/mol. The molecule has 1 aromatic rings. The van der Waals surface area contributed by atoms with E-state index in [0.29, 0.717) is 4.47 Å². The van der Waals surface area contributed by atoms with Crippen LogP contribution in [-0.2, 0) is 0 Å². The number of nitrogens with two attached hydrogens (primary N) is 1. The highest BCUT2D eigenvalue weighted by Crippen LogP contribution is 2.21. The Kier molecular flexibility index (Phi) is 3.17. The summed E-state index contributed by atoms with van der Waals surface area (Å²) in [6.07, 6.45) is -1.28. The number of hydrogen-bond donors (Lipinski definition) is 1. The number of halogens is 3. The van der Waals surface area contributed by atoms with Crippen molar-refractivity contribution in [3.8, 4) is 0 Å². The third-order valence-corrected chi connectivity index (χ3v) is 2.16. The molecule has 0 heterocycles.